The van der Waals surface area contributed by atoms with Crippen LogP contribution in [0.4, 0.5) is 39.5 Å². The van der Waals surface area contributed by atoms with Crippen molar-refractivity contribution in [3.63, 3.8) is 0 Å². The van der Waals surface area contributed by atoms with E-state index in [1.165, 1.54) is 49.4 Å². The van der Waals surface area contributed by atoms with Crippen molar-refractivity contribution >= 4 is 54.8 Å². The Hall–Kier alpha value is -7.23. The molecule has 0 atom stereocenters. The quantitative estimate of drug-likeness (QED) is 0.0993. The zero-order valence-electron chi connectivity index (χ0n) is 27.4. The standard InChI is InChI=1S/C40H15F9N4O2/c1-18-3-5-21(30(9-18)39(44,45)46)26-12-34-29(14-35(54-34)32(17-52)53-2)36-23(26)7-8-24-27(36)11-25(28-13-33(55-37(24)28)19(15-50)16-51)22-6-4-20(38(41,42)43)10-31(22)40(47,48)49/h3-14H,1H3/b35-32-. The zero-order chi connectivity index (χ0) is 39.8. The highest BCUT2D eigenvalue weighted by molar-refractivity contribution is 6.28. The number of furan rings is 2. The maximum Gasteiger partial charge on any atom is 0.417 e. The maximum atomic E-state index is 14.6. The second kappa shape index (κ2) is 12.4. The molecule has 0 radical (unpaired) electrons. The molecule has 0 amide bonds. The normalized spacial score (nSPS) is 12.8. The third-order valence-corrected chi connectivity index (χ3v) is 9.03. The number of fused-ring (bicyclic) bond motifs is 7. The Bertz CT molecular complexity index is 3090. The van der Waals surface area contributed by atoms with Crippen LogP contribution in [0.15, 0.2) is 81.6 Å². The molecule has 0 bridgehead atoms. The van der Waals surface area contributed by atoms with Crippen LogP contribution in [0.25, 0.3) is 81.9 Å². The fraction of sp³-hybridized carbons (Fsp3) is 0.100. The van der Waals surface area contributed by atoms with E-state index in [2.05, 4.69) is 4.85 Å². The van der Waals surface area contributed by atoms with Crippen LogP contribution in [0.5, 0.6) is 0 Å². The predicted molar refractivity (Wildman–Crippen MR) is 181 cm³/mol. The van der Waals surface area contributed by atoms with Gasteiger partial charge in [0, 0.05) is 21.5 Å². The van der Waals surface area contributed by atoms with Crippen molar-refractivity contribution in [1.82, 2.24) is 0 Å². The second-order valence-corrected chi connectivity index (χ2v) is 12.3. The molecular weight excluding hydrogens is 739 g/mol. The molecule has 6 nitrogen and oxygen atoms in total. The topological polar surface area (TPSA) is 102 Å². The van der Waals surface area contributed by atoms with E-state index in [9.17, 15) is 55.3 Å². The summed E-state index contributed by atoms with van der Waals surface area (Å²) in [5, 5.41) is 29.0. The van der Waals surface area contributed by atoms with Crippen LogP contribution in [0.3, 0.4) is 0 Å². The SMILES string of the molecule is [C-]#[N+]/C(C#N)=c1/cc2c(cc(-c3ccc(C)cc3C(F)(F)F)c3ccc4c(cc(-c5ccc(C(F)(F)F)cc5C(F)(F)F)c5cc(=C(C#N)C#N)oc54)c32)o1. The van der Waals surface area contributed by atoms with E-state index in [4.69, 9.17) is 15.4 Å². The van der Waals surface area contributed by atoms with Crippen molar-refractivity contribution in [2.24, 2.45) is 0 Å². The minimum absolute atomic E-state index is 0.00516. The van der Waals surface area contributed by atoms with Crippen molar-refractivity contribution in [2.45, 2.75) is 25.5 Å². The molecule has 0 spiro atoms. The summed E-state index contributed by atoms with van der Waals surface area (Å²) in [4.78, 5) is 3.14. The monoisotopic (exact) mass is 754 g/mol. The van der Waals surface area contributed by atoms with E-state index < -0.39 is 52.1 Å². The van der Waals surface area contributed by atoms with Crippen LogP contribution in [0, 0.1) is 47.5 Å². The molecule has 0 unspecified atom stereocenters. The van der Waals surface area contributed by atoms with E-state index in [-0.39, 0.29) is 82.6 Å². The number of benzene rings is 5. The van der Waals surface area contributed by atoms with Crippen LogP contribution in [0.2, 0.25) is 0 Å². The molecule has 2 aromatic heterocycles. The molecule has 15 heteroatoms. The van der Waals surface area contributed by atoms with E-state index in [1.807, 2.05) is 0 Å². The molecule has 7 rings (SSSR count). The van der Waals surface area contributed by atoms with Gasteiger partial charge < -0.3 is 8.83 Å². The van der Waals surface area contributed by atoms with Crippen LogP contribution >= 0.6 is 0 Å². The second-order valence-electron chi connectivity index (χ2n) is 12.3. The first-order chi connectivity index (χ1) is 25.9. The molecule has 5 aromatic carbocycles. The van der Waals surface area contributed by atoms with Crippen molar-refractivity contribution in [3.8, 4) is 40.5 Å². The van der Waals surface area contributed by atoms with E-state index in [0.29, 0.717) is 12.1 Å². The highest BCUT2D eigenvalue weighted by Gasteiger charge is 2.39. The summed E-state index contributed by atoms with van der Waals surface area (Å²) in [7, 11) is 0. The number of nitriles is 3. The van der Waals surface area contributed by atoms with Crippen LogP contribution < -0.4 is 10.8 Å². The van der Waals surface area contributed by atoms with Gasteiger partial charge in [0.25, 0.3) is 0 Å². The number of rotatable bonds is 2. The van der Waals surface area contributed by atoms with Crippen molar-refractivity contribution in [3.05, 3.63) is 117 Å². The van der Waals surface area contributed by atoms with Gasteiger partial charge in [0.1, 0.15) is 28.7 Å². The summed E-state index contributed by atoms with van der Waals surface area (Å²) in [6.45, 7) is 8.88. The highest BCUT2D eigenvalue weighted by atomic mass is 19.4. The minimum atomic E-state index is -5.34. The first-order valence-corrected chi connectivity index (χ1v) is 15.6. The first-order valence-electron chi connectivity index (χ1n) is 15.6. The highest BCUT2D eigenvalue weighted by Crippen LogP contribution is 2.48. The number of aryl methyl sites for hydroxylation is 1. The van der Waals surface area contributed by atoms with Gasteiger partial charge in [0.2, 0.25) is 0 Å². The molecule has 0 saturated carbocycles. The smallest absolute Gasteiger partial charge is 0.417 e. The first kappa shape index (κ1) is 36.1. The Morgan fingerprint density at radius 2 is 1.18 bits per heavy atom. The lowest BCUT2D eigenvalue weighted by Gasteiger charge is -2.19. The van der Waals surface area contributed by atoms with Gasteiger partial charge in [-0.15, -0.1) is 0 Å². The number of alkyl halides is 9. The lowest BCUT2D eigenvalue weighted by molar-refractivity contribution is -0.143. The molecule has 0 N–H and O–H groups in total. The molecule has 2 heterocycles. The molecule has 7 aromatic rings. The van der Waals surface area contributed by atoms with Crippen LogP contribution in [-0.2, 0) is 18.5 Å². The summed E-state index contributed by atoms with van der Waals surface area (Å²) < 4.78 is 140. The predicted octanol–water partition coefficient (Wildman–Crippen LogP) is 10.9. The average molecular weight is 755 g/mol. The Balaban J connectivity index is 1.77. The van der Waals surface area contributed by atoms with Gasteiger partial charge in [-0.2, -0.15) is 50.0 Å². The molecule has 0 aliphatic carbocycles. The summed E-state index contributed by atoms with van der Waals surface area (Å²) in [5.41, 5.74) is -7.60. The molecule has 0 aliphatic heterocycles. The zero-order valence-corrected chi connectivity index (χ0v) is 27.4. The molecule has 0 saturated heterocycles. The number of hydrogen-bond donors (Lipinski definition) is 0. The third kappa shape index (κ3) is 5.93. The van der Waals surface area contributed by atoms with Crippen molar-refractivity contribution < 1.29 is 48.3 Å². The summed E-state index contributed by atoms with van der Waals surface area (Å²) in [6, 6.07) is 17.2. The van der Waals surface area contributed by atoms with Gasteiger partial charge in [0.15, 0.2) is 11.0 Å². The summed E-state index contributed by atoms with van der Waals surface area (Å²) >= 11 is 0. The van der Waals surface area contributed by atoms with Gasteiger partial charge in [0.05, 0.1) is 29.3 Å². The largest absolute Gasteiger partial charge is 0.467 e. The lowest BCUT2D eigenvalue weighted by Crippen LogP contribution is -2.12. The summed E-state index contributed by atoms with van der Waals surface area (Å²) in [5.74, 6) is 0. The Morgan fingerprint density at radius 1 is 0.582 bits per heavy atom. The average Bonchev–Trinajstić information content (AvgIpc) is 3.76. The number of hydrogen-bond acceptors (Lipinski definition) is 5. The van der Waals surface area contributed by atoms with Crippen LogP contribution in [0.1, 0.15) is 22.3 Å². The van der Waals surface area contributed by atoms with Gasteiger partial charge in [-0.3, -0.25) is 0 Å². The summed E-state index contributed by atoms with van der Waals surface area (Å²) in [6.07, 6.45) is -15.4. The lowest BCUT2D eigenvalue weighted by atomic mass is 9.87. The van der Waals surface area contributed by atoms with E-state index >= 15 is 0 Å². The van der Waals surface area contributed by atoms with Gasteiger partial charge in [-0.1, -0.05) is 29.8 Å². The third-order valence-electron chi connectivity index (χ3n) is 9.03. The van der Waals surface area contributed by atoms with E-state index in [0.717, 1.165) is 12.1 Å². The van der Waals surface area contributed by atoms with Gasteiger partial charge in [-0.25, -0.2) is 10.1 Å². The number of nitrogens with zero attached hydrogens (tertiary/aromatic N) is 4. The molecule has 270 valence electrons. The minimum Gasteiger partial charge on any atom is -0.467 e. The Morgan fingerprint density at radius 3 is 1.78 bits per heavy atom. The van der Waals surface area contributed by atoms with Gasteiger partial charge >= 0.3 is 24.2 Å². The number of halogens is 9. The fourth-order valence-electron chi connectivity index (χ4n) is 6.69. The molecular formula is C40H15F9N4O2. The van der Waals surface area contributed by atoms with Gasteiger partial charge in [-0.05, 0) is 88.5 Å². The van der Waals surface area contributed by atoms with Crippen LogP contribution in [-0.4, -0.2) is 0 Å². The van der Waals surface area contributed by atoms with Crippen molar-refractivity contribution in [1.29, 1.82) is 15.8 Å². The molecule has 55 heavy (non-hydrogen) atoms. The Labute approximate surface area is 301 Å². The van der Waals surface area contributed by atoms with E-state index in [1.54, 1.807) is 18.2 Å². The maximum absolute atomic E-state index is 14.6. The fourth-order valence-corrected chi connectivity index (χ4v) is 6.69. The molecule has 0 fully saturated rings. The van der Waals surface area contributed by atoms with Crippen molar-refractivity contribution in [2.75, 3.05) is 0 Å². The Kier molecular flexibility index (Phi) is 8.17. The molecule has 0 aliphatic rings.